The third-order valence-corrected chi connectivity index (χ3v) is 4.83. The molecule has 1 aromatic rings. The lowest BCUT2D eigenvalue weighted by Gasteiger charge is -2.46. The van der Waals surface area contributed by atoms with Crippen LogP contribution >= 0.6 is 0 Å². The Morgan fingerprint density at radius 1 is 1.42 bits per heavy atom. The molecule has 130 valence electrons. The van der Waals surface area contributed by atoms with Crippen LogP contribution in [-0.4, -0.2) is 58.2 Å². The molecule has 1 unspecified atom stereocenters. The first-order chi connectivity index (χ1) is 11.5. The van der Waals surface area contributed by atoms with Gasteiger partial charge in [-0.3, -0.25) is 9.59 Å². The van der Waals surface area contributed by atoms with E-state index >= 15 is 0 Å². The second-order valence-corrected chi connectivity index (χ2v) is 6.47. The summed E-state index contributed by atoms with van der Waals surface area (Å²) < 4.78 is 5.87. The summed E-state index contributed by atoms with van der Waals surface area (Å²) in [5.74, 6) is 0.0486. The lowest BCUT2D eigenvalue weighted by molar-refractivity contribution is -0.174. The molecule has 2 aliphatic rings. The van der Waals surface area contributed by atoms with Crippen molar-refractivity contribution < 1.29 is 19.4 Å². The van der Waals surface area contributed by atoms with Gasteiger partial charge in [-0.15, -0.1) is 0 Å². The van der Waals surface area contributed by atoms with Gasteiger partial charge in [-0.25, -0.2) is 4.98 Å². The highest BCUT2D eigenvalue weighted by Gasteiger charge is 2.44. The lowest BCUT2D eigenvalue weighted by Crippen LogP contribution is -2.56. The van der Waals surface area contributed by atoms with Crippen LogP contribution in [0, 0.1) is 0 Å². The van der Waals surface area contributed by atoms with E-state index in [2.05, 4.69) is 10.3 Å². The van der Waals surface area contributed by atoms with Crippen molar-refractivity contribution in [3.05, 3.63) is 23.9 Å². The van der Waals surface area contributed by atoms with Gasteiger partial charge in [0.05, 0.1) is 11.7 Å². The van der Waals surface area contributed by atoms with E-state index in [4.69, 9.17) is 4.74 Å². The minimum Gasteiger partial charge on any atom is -0.390 e. The zero-order valence-corrected chi connectivity index (χ0v) is 13.8. The van der Waals surface area contributed by atoms with Gasteiger partial charge in [0, 0.05) is 38.4 Å². The molecule has 7 heteroatoms. The number of hydrogen-bond donors (Lipinski definition) is 2. The molecule has 7 nitrogen and oxygen atoms in total. The summed E-state index contributed by atoms with van der Waals surface area (Å²) in [5, 5.41) is 12.9. The van der Waals surface area contributed by atoms with E-state index in [9.17, 15) is 14.7 Å². The van der Waals surface area contributed by atoms with Crippen molar-refractivity contribution in [2.75, 3.05) is 25.0 Å². The largest absolute Gasteiger partial charge is 0.390 e. The van der Waals surface area contributed by atoms with Gasteiger partial charge in [0.2, 0.25) is 5.91 Å². The minimum absolute atomic E-state index is 0.0934. The molecule has 3 rings (SSSR count). The quantitative estimate of drug-likeness (QED) is 0.848. The molecule has 24 heavy (non-hydrogen) atoms. The average molecular weight is 333 g/mol. The van der Waals surface area contributed by atoms with Crippen LogP contribution in [0.1, 0.15) is 43.0 Å². The molecule has 0 saturated carbocycles. The Morgan fingerprint density at radius 3 is 2.83 bits per heavy atom. The van der Waals surface area contributed by atoms with Gasteiger partial charge < -0.3 is 20.1 Å². The minimum atomic E-state index is -0.491. The number of pyridine rings is 1. The van der Waals surface area contributed by atoms with Crippen molar-refractivity contribution in [1.82, 2.24) is 9.88 Å². The molecule has 2 saturated heterocycles. The monoisotopic (exact) mass is 333 g/mol. The Morgan fingerprint density at radius 2 is 2.17 bits per heavy atom. The number of ether oxygens (including phenoxy) is 1. The van der Waals surface area contributed by atoms with Gasteiger partial charge in [-0.05, 0) is 37.8 Å². The van der Waals surface area contributed by atoms with Crippen molar-refractivity contribution in [2.24, 2.45) is 0 Å². The van der Waals surface area contributed by atoms with Crippen molar-refractivity contribution >= 4 is 17.6 Å². The number of likely N-dealkylation sites (tertiary alicyclic amines) is 1. The molecule has 1 spiro atoms. The number of anilines is 1. The second-order valence-electron chi connectivity index (χ2n) is 6.47. The molecule has 2 N–H and O–H groups in total. The zero-order valence-electron chi connectivity index (χ0n) is 13.8. The summed E-state index contributed by atoms with van der Waals surface area (Å²) in [6, 6.07) is 3.23. The Kier molecular flexibility index (Phi) is 4.82. The zero-order chi connectivity index (χ0) is 17.2. The Bertz CT molecular complexity index is 626. The molecule has 0 bridgehead atoms. The SMILES string of the molecule is CC(=O)Nc1cc(C(=O)N2CCC3(CC2)OCCCC3O)ccn1. The summed E-state index contributed by atoms with van der Waals surface area (Å²) in [7, 11) is 0. The lowest BCUT2D eigenvalue weighted by atomic mass is 9.82. The first-order valence-electron chi connectivity index (χ1n) is 8.35. The Labute approximate surface area is 141 Å². The third kappa shape index (κ3) is 3.42. The summed E-state index contributed by atoms with van der Waals surface area (Å²) in [5.41, 5.74) is 0.00375. The number of amides is 2. The first-order valence-corrected chi connectivity index (χ1v) is 8.35. The van der Waals surface area contributed by atoms with E-state index in [1.165, 1.54) is 13.1 Å². The number of nitrogens with zero attached hydrogens (tertiary/aromatic N) is 2. The number of aromatic nitrogens is 1. The fourth-order valence-electron chi connectivity index (χ4n) is 3.47. The highest BCUT2D eigenvalue weighted by atomic mass is 16.5. The maximum absolute atomic E-state index is 12.7. The number of piperidine rings is 1. The number of carbonyl (C=O) groups is 2. The Hall–Kier alpha value is -1.99. The maximum Gasteiger partial charge on any atom is 0.254 e. The van der Waals surface area contributed by atoms with Gasteiger partial charge in [0.1, 0.15) is 5.82 Å². The molecule has 2 amide bonds. The van der Waals surface area contributed by atoms with E-state index < -0.39 is 11.7 Å². The van der Waals surface area contributed by atoms with Crippen molar-refractivity contribution in [2.45, 2.75) is 44.3 Å². The predicted molar refractivity (Wildman–Crippen MR) is 87.6 cm³/mol. The molecule has 0 aromatic carbocycles. The van der Waals surface area contributed by atoms with Gasteiger partial charge in [0.25, 0.3) is 5.91 Å². The summed E-state index contributed by atoms with van der Waals surface area (Å²) >= 11 is 0. The van der Waals surface area contributed by atoms with Crippen LogP contribution < -0.4 is 5.32 Å². The Balaban J connectivity index is 1.66. The molecule has 0 aliphatic carbocycles. The topological polar surface area (TPSA) is 91.8 Å². The van der Waals surface area contributed by atoms with Crippen molar-refractivity contribution in [3.63, 3.8) is 0 Å². The van der Waals surface area contributed by atoms with E-state index in [0.29, 0.717) is 43.9 Å². The standard InChI is InChI=1S/C17H23N3O4/c1-12(21)19-15-11-13(4-7-18-15)16(23)20-8-5-17(6-9-20)14(22)3-2-10-24-17/h4,7,11,14,22H,2-3,5-6,8-10H2,1H3,(H,18,19,21). The third-order valence-electron chi connectivity index (χ3n) is 4.83. The van der Waals surface area contributed by atoms with E-state index in [-0.39, 0.29) is 11.8 Å². The molecule has 1 aromatic heterocycles. The summed E-state index contributed by atoms with van der Waals surface area (Å²) in [6.07, 6.45) is 3.99. The van der Waals surface area contributed by atoms with E-state index in [1.807, 2.05) is 0 Å². The fourth-order valence-corrected chi connectivity index (χ4v) is 3.47. The van der Waals surface area contributed by atoms with Crippen LogP contribution in [0.3, 0.4) is 0 Å². The summed E-state index contributed by atoms with van der Waals surface area (Å²) in [4.78, 5) is 29.6. The molecular formula is C17H23N3O4. The van der Waals surface area contributed by atoms with Crippen LogP contribution in [0.4, 0.5) is 5.82 Å². The molecule has 0 radical (unpaired) electrons. The fraction of sp³-hybridized carbons (Fsp3) is 0.588. The highest BCUT2D eigenvalue weighted by molar-refractivity contribution is 5.96. The molecular weight excluding hydrogens is 310 g/mol. The first kappa shape index (κ1) is 16.9. The van der Waals surface area contributed by atoms with Crippen LogP contribution in [0.2, 0.25) is 0 Å². The number of aliphatic hydroxyl groups excluding tert-OH is 1. The predicted octanol–water partition coefficient (Wildman–Crippen LogP) is 1.19. The average Bonchev–Trinajstić information content (AvgIpc) is 2.57. The maximum atomic E-state index is 12.7. The molecule has 2 fully saturated rings. The van der Waals surface area contributed by atoms with Gasteiger partial charge in [-0.1, -0.05) is 0 Å². The van der Waals surface area contributed by atoms with Gasteiger partial charge >= 0.3 is 0 Å². The highest BCUT2D eigenvalue weighted by Crippen LogP contribution is 2.35. The number of hydrogen-bond acceptors (Lipinski definition) is 5. The second kappa shape index (κ2) is 6.86. The smallest absolute Gasteiger partial charge is 0.254 e. The number of nitrogens with one attached hydrogen (secondary N) is 1. The van der Waals surface area contributed by atoms with E-state index in [0.717, 1.165) is 12.8 Å². The molecule has 2 aliphatic heterocycles. The molecule has 1 atom stereocenters. The summed E-state index contributed by atoms with van der Waals surface area (Å²) in [6.45, 7) is 3.17. The van der Waals surface area contributed by atoms with Crippen LogP contribution in [0.25, 0.3) is 0 Å². The van der Waals surface area contributed by atoms with Crippen molar-refractivity contribution in [1.29, 1.82) is 0 Å². The number of rotatable bonds is 2. The van der Waals surface area contributed by atoms with E-state index in [1.54, 1.807) is 17.0 Å². The van der Waals surface area contributed by atoms with Crippen LogP contribution in [-0.2, 0) is 9.53 Å². The van der Waals surface area contributed by atoms with Crippen molar-refractivity contribution in [3.8, 4) is 0 Å². The van der Waals surface area contributed by atoms with Gasteiger partial charge in [0.15, 0.2) is 0 Å². The number of aliphatic hydroxyl groups is 1. The van der Waals surface area contributed by atoms with Gasteiger partial charge in [-0.2, -0.15) is 0 Å². The number of carbonyl (C=O) groups excluding carboxylic acids is 2. The molecule has 3 heterocycles. The van der Waals surface area contributed by atoms with Crippen LogP contribution in [0.15, 0.2) is 18.3 Å². The van der Waals surface area contributed by atoms with Crippen LogP contribution in [0.5, 0.6) is 0 Å². The normalized spacial score (nSPS) is 23.1.